The molecule has 6 aromatic rings. The molecule has 5 aromatic heterocycles. The van der Waals surface area contributed by atoms with Crippen LogP contribution in [-0.2, 0) is 7.05 Å². The predicted molar refractivity (Wildman–Crippen MR) is 112 cm³/mol. The zero-order chi connectivity index (χ0) is 19.4. The Morgan fingerprint density at radius 1 is 0.793 bits per heavy atom. The number of benzene rings is 1. The van der Waals surface area contributed by atoms with Crippen molar-refractivity contribution in [1.82, 2.24) is 23.7 Å². The Bertz CT molecular complexity index is 1470. The van der Waals surface area contributed by atoms with E-state index in [0.717, 1.165) is 39.3 Å². The smallest absolute Gasteiger partial charge is 0.231 e. The molecule has 0 aliphatic rings. The van der Waals surface area contributed by atoms with Gasteiger partial charge in [-0.05, 0) is 30.3 Å². The first-order valence-corrected chi connectivity index (χ1v) is 9.41. The third-order valence-electron chi connectivity index (χ3n) is 5.20. The number of rotatable bonds is 3. The van der Waals surface area contributed by atoms with Crippen LogP contribution >= 0.6 is 0 Å². The summed E-state index contributed by atoms with van der Waals surface area (Å²) in [5.41, 5.74) is 3.63. The first-order valence-electron chi connectivity index (χ1n) is 9.41. The summed E-state index contributed by atoms with van der Waals surface area (Å²) in [6.07, 6.45) is 7.96. The van der Waals surface area contributed by atoms with Crippen molar-refractivity contribution in [2.24, 2.45) is 7.05 Å². The minimum absolute atomic E-state index is 0.614. The van der Waals surface area contributed by atoms with Gasteiger partial charge < -0.3 is 13.6 Å². The van der Waals surface area contributed by atoms with Crippen molar-refractivity contribution in [3.63, 3.8) is 0 Å². The average Bonchev–Trinajstić information content (AvgIpc) is 3.52. The lowest BCUT2D eigenvalue weighted by molar-refractivity contribution is 0.620. The lowest BCUT2D eigenvalue weighted by atomic mass is 10.2. The molecular weight excluding hydrogens is 362 g/mol. The van der Waals surface area contributed by atoms with E-state index in [1.54, 1.807) is 0 Å². The topological polar surface area (TPSA) is 53.7 Å². The van der Waals surface area contributed by atoms with Gasteiger partial charge in [0.05, 0.1) is 5.56 Å². The van der Waals surface area contributed by atoms with Crippen LogP contribution in [0.5, 0.6) is 0 Å². The molecule has 0 spiro atoms. The molecular formula is C23H17N5O. The van der Waals surface area contributed by atoms with Gasteiger partial charge in [-0.1, -0.05) is 24.3 Å². The molecule has 0 aliphatic carbocycles. The Morgan fingerprint density at radius 3 is 2.52 bits per heavy atom. The first-order chi connectivity index (χ1) is 14.3. The number of nitrogens with zero attached hydrogens (tertiary/aromatic N) is 5. The highest BCUT2D eigenvalue weighted by atomic mass is 16.3. The maximum Gasteiger partial charge on any atom is 0.231 e. The van der Waals surface area contributed by atoms with Gasteiger partial charge >= 0.3 is 0 Å². The molecule has 0 amide bonds. The summed E-state index contributed by atoms with van der Waals surface area (Å²) in [4.78, 5) is 9.60. The zero-order valence-corrected chi connectivity index (χ0v) is 15.7. The average molecular weight is 379 g/mol. The highest BCUT2D eigenvalue weighted by molar-refractivity contribution is 5.95. The van der Waals surface area contributed by atoms with E-state index in [0.29, 0.717) is 5.89 Å². The van der Waals surface area contributed by atoms with Gasteiger partial charge in [-0.2, -0.15) is 4.98 Å². The lowest BCUT2D eigenvalue weighted by Crippen LogP contribution is -2.00. The minimum atomic E-state index is 0.614. The molecule has 0 atom stereocenters. The van der Waals surface area contributed by atoms with Gasteiger partial charge in [0.15, 0.2) is 11.2 Å². The highest BCUT2D eigenvalue weighted by Crippen LogP contribution is 2.32. The minimum Gasteiger partial charge on any atom is -0.434 e. The third kappa shape index (κ3) is 2.42. The van der Waals surface area contributed by atoms with E-state index < -0.39 is 0 Å². The van der Waals surface area contributed by atoms with Crippen LogP contribution in [0.4, 0.5) is 0 Å². The number of aromatic nitrogens is 5. The summed E-state index contributed by atoms with van der Waals surface area (Å²) in [6, 6.07) is 20.1. The molecule has 0 saturated carbocycles. The van der Waals surface area contributed by atoms with E-state index in [4.69, 9.17) is 14.4 Å². The van der Waals surface area contributed by atoms with Gasteiger partial charge in [0.25, 0.3) is 0 Å². The van der Waals surface area contributed by atoms with Crippen molar-refractivity contribution in [3.05, 3.63) is 85.5 Å². The summed E-state index contributed by atoms with van der Waals surface area (Å²) in [7, 11) is 2.03. The van der Waals surface area contributed by atoms with Crippen LogP contribution in [0.15, 0.2) is 89.9 Å². The number of oxazole rings is 1. The van der Waals surface area contributed by atoms with Crippen molar-refractivity contribution in [3.8, 4) is 23.1 Å². The second kappa shape index (κ2) is 5.97. The van der Waals surface area contributed by atoms with Crippen LogP contribution in [0.2, 0.25) is 0 Å². The van der Waals surface area contributed by atoms with Crippen molar-refractivity contribution in [2.75, 3.05) is 0 Å². The summed E-state index contributed by atoms with van der Waals surface area (Å²) in [5, 5.41) is 1.12. The van der Waals surface area contributed by atoms with Crippen LogP contribution < -0.4 is 0 Å². The fourth-order valence-electron chi connectivity index (χ4n) is 3.81. The number of aryl methyl sites for hydroxylation is 1. The van der Waals surface area contributed by atoms with E-state index in [2.05, 4.69) is 22.9 Å². The number of hydrogen-bond acceptors (Lipinski definition) is 3. The van der Waals surface area contributed by atoms with E-state index in [9.17, 15) is 0 Å². The zero-order valence-electron chi connectivity index (χ0n) is 15.7. The van der Waals surface area contributed by atoms with Gasteiger partial charge in [-0.25, -0.2) is 4.98 Å². The predicted octanol–water partition coefficient (Wildman–Crippen LogP) is 4.96. The Labute approximate surface area is 166 Å². The fraction of sp³-hybridized carbons (Fsp3) is 0.0435. The molecule has 0 radical (unpaired) electrons. The number of para-hydroxylation sites is 1. The van der Waals surface area contributed by atoms with E-state index in [1.165, 1.54) is 0 Å². The molecule has 6 heteroatoms. The number of fused-ring (bicyclic) bond motifs is 2. The number of hydrogen-bond donors (Lipinski definition) is 0. The van der Waals surface area contributed by atoms with Crippen molar-refractivity contribution in [2.45, 2.75) is 0 Å². The fourth-order valence-corrected chi connectivity index (χ4v) is 3.81. The molecule has 0 aliphatic heterocycles. The SMILES string of the molecule is Cn1cc(-c2nc3c(ccn3-c3cccc(-n4cccc4)n3)o2)c2ccccc21. The van der Waals surface area contributed by atoms with Crippen LogP contribution in [-0.4, -0.2) is 23.7 Å². The summed E-state index contributed by atoms with van der Waals surface area (Å²) < 4.78 is 12.1. The summed E-state index contributed by atoms with van der Waals surface area (Å²) >= 11 is 0. The third-order valence-corrected chi connectivity index (χ3v) is 5.20. The van der Waals surface area contributed by atoms with Crippen LogP contribution in [0.1, 0.15) is 0 Å². The summed E-state index contributed by atoms with van der Waals surface area (Å²) in [5.74, 6) is 2.26. The van der Waals surface area contributed by atoms with E-state index in [-0.39, 0.29) is 0 Å². The standard InChI is InChI=1S/C23H17N5O/c1-26-15-17(16-7-2-3-8-18(16)26)23-25-22-19(29-23)11-14-28(22)21-10-6-9-20(24-21)27-12-4-5-13-27/h2-15H,1H3. The lowest BCUT2D eigenvalue weighted by Gasteiger charge is -2.06. The molecule has 0 N–H and O–H groups in total. The van der Waals surface area contributed by atoms with E-state index >= 15 is 0 Å². The van der Waals surface area contributed by atoms with Crippen molar-refractivity contribution >= 4 is 22.1 Å². The molecule has 0 bridgehead atoms. The van der Waals surface area contributed by atoms with Gasteiger partial charge in [-0.3, -0.25) is 4.57 Å². The van der Waals surface area contributed by atoms with Gasteiger partial charge in [-0.15, -0.1) is 0 Å². The molecule has 0 unspecified atom stereocenters. The number of pyridine rings is 1. The molecule has 0 saturated heterocycles. The second-order valence-electron chi connectivity index (χ2n) is 7.01. The molecule has 140 valence electrons. The maximum absolute atomic E-state index is 6.10. The quantitative estimate of drug-likeness (QED) is 0.437. The van der Waals surface area contributed by atoms with Crippen LogP contribution in [0.25, 0.3) is 45.2 Å². The Morgan fingerprint density at radius 2 is 1.62 bits per heavy atom. The van der Waals surface area contributed by atoms with Gasteiger partial charge in [0, 0.05) is 48.8 Å². The first kappa shape index (κ1) is 15.9. The second-order valence-corrected chi connectivity index (χ2v) is 7.01. The van der Waals surface area contributed by atoms with Gasteiger partial charge in [0.2, 0.25) is 5.89 Å². The monoisotopic (exact) mass is 379 g/mol. The largest absolute Gasteiger partial charge is 0.434 e. The maximum atomic E-state index is 6.10. The Hall–Kier alpha value is -4.06. The summed E-state index contributed by atoms with van der Waals surface area (Å²) in [6.45, 7) is 0. The van der Waals surface area contributed by atoms with Crippen molar-refractivity contribution < 1.29 is 4.42 Å². The molecule has 29 heavy (non-hydrogen) atoms. The Balaban J connectivity index is 1.49. The van der Waals surface area contributed by atoms with E-state index in [1.807, 2.05) is 83.3 Å². The molecule has 6 nitrogen and oxygen atoms in total. The van der Waals surface area contributed by atoms with Crippen LogP contribution in [0.3, 0.4) is 0 Å². The molecule has 5 heterocycles. The van der Waals surface area contributed by atoms with Gasteiger partial charge in [0.1, 0.15) is 11.6 Å². The normalized spacial score (nSPS) is 11.6. The van der Waals surface area contributed by atoms with Crippen LogP contribution in [0, 0.1) is 0 Å². The molecule has 6 rings (SSSR count). The molecule has 0 fully saturated rings. The van der Waals surface area contributed by atoms with Crippen molar-refractivity contribution in [1.29, 1.82) is 0 Å². The highest BCUT2D eigenvalue weighted by Gasteiger charge is 2.17. The Kier molecular flexibility index (Phi) is 3.28. The molecule has 1 aromatic carbocycles.